The zero-order valence-electron chi connectivity index (χ0n) is 10.8. The molecular formula is C13H17BrN2O3. The minimum absolute atomic E-state index is 0.141. The molecule has 1 atom stereocenters. The molecule has 5 nitrogen and oxygen atoms in total. The quantitative estimate of drug-likeness (QED) is 0.923. The van der Waals surface area contributed by atoms with Crippen molar-refractivity contribution in [3.63, 3.8) is 0 Å². The van der Waals surface area contributed by atoms with Gasteiger partial charge in [-0.25, -0.2) is 0 Å². The maximum absolute atomic E-state index is 12.1. The van der Waals surface area contributed by atoms with Crippen LogP contribution in [0.5, 0.6) is 0 Å². The van der Waals surface area contributed by atoms with Gasteiger partial charge in [-0.3, -0.25) is 9.59 Å². The first kappa shape index (κ1) is 14.3. The second-order valence-corrected chi connectivity index (χ2v) is 5.44. The molecule has 1 saturated heterocycles. The van der Waals surface area contributed by atoms with Crippen molar-refractivity contribution in [2.45, 2.75) is 26.3 Å². The summed E-state index contributed by atoms with van der Waals surface area (Å²) in [6.45, 7) is 3.84. The van der Waals surface area contributed by atoms with Gasteiger partial charge in [0.2, 0.25) is 11.3 Å². The van der Waals surface area contributed by atoms with E-state index in [0.717, 1.165) is 19.4 Å². The van der Waals surface area contributed by atoms with Crippen LogP contribution in [0.25, 0.3) is 0 Å². The number of nitrogens with one attached hydrogen (secondary N) is 1. The number of hydrogen-bond acceptors (Lipinski definition) is 3. The van der Waals surface area contributed by atoms with Crippen LogP contribution in [0.3, 0.4) is 0 Å². The van der Waals surface area contributed by atoms with Crippen LogP contribution < -0.4 is 10.7 Å². The van der Waals surface area contributed by atoms with Gasteiger partial charge in [0.1, 0.15) is 5.69 Å². The van der Waals surface area contributed by atoms with Crippen LogP contribution in [0.4, 0.5) is 5.69 Å². The van der Waals surface area contributed by atoms with Crippen molar-refractivity contribution in [1.29, 1.82) is 0 Å². The van der Waals surface area contributed by atoms with Crippen LogP contribution in [0.1, 0.15) is 19.8 Å². The zero-order valence-corrected chi connectivity index (χ0v) is 12.4. The number of aryl methyl sites for hydroxylation is 1. The second kappa shape index (κ2) is 6.34. The number of hydrogen-bond donors (Lipinski definition) is 1. The van der Waals surface area contributed by atoms with E-state index < -0.39 is 0 Å². The molecule has 1 aliphatic rings. The molecule has 0 unspecified atom stereocenters. The molecule has 1 amide bonds. The average Bonchev–Trinajstić information content (AvgIpc) is 2.44. The number of ether oxygens (including phenoxy) is 1. The van der Waals surface area contributed by atoms with Gasteiger partial charge in [0.25, 0.3) is 0 Å². The maximum Gasteiger partial charge on any atom is 0.229 e. The third-order valence-corrected chi connectivity index (χ3v) is 3.75. The molecule has 1 fully saturated rings. The predicted octanol–water partition coefficient (Wildman–Crippen LogP) is 2.00. The number of amides is 1. The molecule has 6 heteroatoms. The van der Waals surface area contributed by atoms with Gasteiger partial charge in [0.05, 0.1) is 17.0 Å². The fourth-order valence-corrected chi connectivity index (χ4v) is 2.53. The summed E-state index contributed by atoms with van der Waals surface area (Å²) in [6.07, 6.45) is 5.06. The SMILES string of the molecule is CCn1cc(Br)c(=O)c(NC(=O)[C@H]2CCCOC2)c1. The number of anilines is 1. The highest BCUT2D eigenvalue weighted by atomic mass is 79.9. The van der Waals surface area contributed by atoms with Crippen LogP contribution >= 0.6 is 15.9 Å². The van der Waals surface area contributed by atoms with E-state index in [0.29, 0.717) is 23.4 Å². The summed E-state index contributed by atoms with van der Waals surface area (Å²) in [6, 6.07) is 0. The van der Waals surface area contributed by atoms with Gasteiger partial charge in [0, 0.05) is 25.5 Å². The number of carbonyl (C=O) groups is 1. The van der Waals surface area contributed by atoms with Crippen molar-refractivity contribution in [1.82, 2.24) is 4.57 Å². The van der Waals surface area contributed by atoms with E-state index in [4.69, 9.17) is 4.74 Å². The number of pyridine rings is 1. The molecule has 1 aromatic rings. The van der Waals surface area contributed by atoms with Crippen LogP contribution in [-0.4, -0.2) is 23.7 Å². The van der Waals surface area contributed by atoms with Gasteiger partial charge in [-0.05, 0) is 35.7 Å². The lowest BCUT2D eigenvalue weighted by molar-refractivity contribution is -0.123. The lowest BCUT2D eigenvalue weighted by atomic mass is 10.0. The van der Waals surface area contributed by atoms with Crippen LogP contribution in [-0.2, 0) is 16.1 Å². The van der Waals surface area contributed by atoms with Gasteiger partial charge in [0.15, 0.2) is 0 Å². The Morgan fingerprint density at radius 2 is 2.37 bits per heavy atom. The van der Waals surface area contributed by atoms with Crippen molar-refractivity contribution in [2.24, 2.45) is 5.92 Å². The Morgan fingerprint density at radius 3 is 3.00 bits per heavy atom. The van der Waals surface area contributed by atoms with E-state index in [2.05, 4.69) is 21.2 Å². The molecule has 1 N–H and O–H groups in total. The summed E-state index contributed by atoms with van der Waals surface area (Å²) in [7, 11) is 0. The third-order valence-electron chi connectivity index (χ3n) is 3.19. The standard InChI is InChI=1S/C13H17BrN2O3/c1-2-16-6-10(14)12(17)11(7-16)15-13(18)9-4-3-5-19-8-9/h6-7,9H,2-5,8H2,1H3,(H,15,18)/t9-/m0/s1. The molecule has 0 radical (unpaired) electrons. The average molecular weight is 329 g/mol. The fraction of sp³-hybridized carbons (Fsp3) is 0.538. The van der Waals surface area contributed by atoms with Crippen LogP contribution in [0.2, 0.25) is 0 Å². The molecule has 1 aromatic heterocycles. The highest BCUT2D eigenvalue weighted by molar-refractivity contribution is 9.10. The molecular weight excluding hydrogens is 312 g/mol. The van der Waals surface area contributed by atoms with E-state index in [9.17, 15) is 9.59 Å². The molecule has 0 aromatic carbocycles. The Hall–Kier alpha value is -1.14. The van der Waals surface area contributed by atoms with Gasteiger partial charge >= 0.3 is 0 Å². The lowest BCUT2D eigenvalue weighted by Gasteiger charge is -2.21. The first-order chi connectivity index (χ1) is 9.11. The van der Waals surface area contributed by atoms with Gasteiger partial charge < -0.3 is 14.6 Å². The number of halogens is 1. The number of nitrogens with zero attached hydrogens (tertiary/aromatic N) is 1. The summed E-state index contributed by atoms with van der Waals surface area (Å²) in [5, 5.41) is 2.71. The third kappa shape index (κ3) is 3.45. The van der Waals surface area contributed by atoms with Gasteiger partial charge in [-0.2, -0.15) is 0 Å². The lowest BCUT2D eigenvalue weighted by Crippen LogP contribution is -2.32. The fourth-order valence-electron chi connectivity index (χ4n) is 2.05. The van der Waals surface area contributed by atoms with Gasteiger partial charge in [-0.15, -0.1) is 0 Å². The van der Waals surface area contributed by atoms with Crippen molar-refractivity contribution in [3.05, 3.63) is 27.1 Å². The summed E-state index contributed by atoms with van der Waals surface area (Å²) in [5.74, 6) is -0.306. The molecule has 0 bridgehead atoms. The van der Waals surface area contributed by atoms with E-state index in [1.807, 2.05) is 11.5 Å². The van der Waals surface area contributed by atoms with Gasteiger partial charge in [-0.1, -0.05) is 0 Å². The predicted molar refractivity (Wildman–Crippen MR) is 76.2 cm³/mol. The molecule has 0 saturated carbocycles. The second-order valence-electron chi connectivity index (χ2n) is 4.58. The number of aromatic nitrogens is 1. The van der Waals surface area contributed by atoms with Crippen LogP contribution in [0.15, 0.2) is 21.7 Å². The summed E-state index contributed by atoms with van der Waals surface area (Å²) in [4.78, 5) is 24.0. The topological polar surface area (TPSA) is 60.3 Å². The molecule has 2 heterocycles. The van der Waals surface area contributed by atoms with Crippen LogP contribution in [0, 0.1) is 5.92 Å². The Balaban J connectivity index is 2.15. The number of rotatable bonds is 3. The minimum Gasteiger partial charge on any atom is -0.381 e. The van der Waals surface area contributed by atoms with E-state index in [-0.39, 0.29) is 17.3 Å². The molecule has 1 aliphatic heterocycles. The Kier molecular flexibility index (Phi) is 4.76. The van der Waals surface area contributed by atoms with E-state index in [1.54, 1.807) is 12.4 Å². The monoisotopic (exact) mass is 328 g/mol. The first-order valence-corrected chi connectivity index (χ1v) is 7.19. The molecule has 19 heavy (non-hydrogen) atoms. The summed E-state index contributed by atoms with van der Waals surface area (Å²) < 4.78 is 7.58. The van der Waals surface area contributed by atoms with Crippen molar-refractivity contribution in [2.75, 3.05) is 18.5 Å². The Labute approximate surface area is 120 Å². The van der Waals surface area contributed by atoms with Crippen molar-refractivity contribution >= 4 is 27.5 Å². The summed E-state index contributed by atoms with van der Waals surface area (Å²) >= 11 is 3.21. The van der Waals surface area contributed by atoms with E-state index in [1.165, 1.54) is 0 Å². The molecule has 2 rings (SSSR count). The van der Waals surface area contributed by atoms with E-state index >= 15 is 0 Å². The molecule has 104 valence electrons. The maximum atomic E-state index is 12.1. The molecule has 0 aliphatic carbocycles. The largest absolute Gasteiger partial charge is 0.381 e. The smallest absolute Gasteiger partial charge is 0.229 e. The number of carbonyl (C=O) groups excluding carboxylic acids is 1. The highest BCUT2D eigenvalue weighted by Gasteiger charge is 2.22. The zero-order chi connectivity index (χ0) is 13.8. The first-order valence-electron chi connectivity index (χ1n) is 6.40. The minimum atomic E-state index is -0.199. The van der Waals surface area contributed by atoms with Crippen molar-refractivity contribution < 1.29 is 9.53 Å². The normalized spacial score (nSPS) is 19.2. The Bertz CT molecular complexity index is 521. The Morgan fingerprint density at radius 1 is 1.58 bits per heavy atom. The van der Waals surface area contributed by atoms with Crippen molar-refractivity contribution in [3.8, 4) is 0 Å². The highest BCUT2D eigenvalue weighted by Crippen LogP contribution is 2.16. The summed E-state index contributed by atoms with van der Waals surface area (Å²) in [5.41, 5.74) is 0.113. The molecule has 0 spiro atoms.